The van der Waals surface area contributed by atoms with Gasteiger partial charge in [0, 0.05) is 24.8 Å². The predicted octanol–water partition coefficient (Wildman–Crippen LogP) is 2.61. The highest BCUT2D eigenvalue weighted by Gasteiger charge is 2.29. The van der Waals surface area contributed by atoms with Gasteiger partial charge in [-0.2, -0.15) is 9.90 Å². The van der Waals surface area contributed by atoms with Crippen LogP contribution in [0.4, 0.5) is 0 Å². The standard InChI is InChI=1S/C18H20ClN7O/c1-13(26-22-17(21-23-26)14-5-3-2-4-6-14)18(27)24-9-7-16(8-10-24)25-12-15(19)11-20-25/h2-6,11-13,16H,7-10H2,1H3. The van der Waals surface area contributed by atoms with E-state index in [2.05, 4.69) is 20.5 Å². The zero-order valence-corrected chi connectivity index (χ0v) is 15.7. The monoisotopic (exact) mass is 385 g/mol. The number of piperidine rings is 1. The number of hydrogen-bond acceptors (Lipinski definition) is 5. The maximum atomic E-state index is 12.8. The highest BCUT2D eigenvalue weighted by molar-refractivity contribution is 6.30. The van der Waals surface area contributed by atoms with Crippen molar-refractivity contribution in [2.45, 2.75) is 31.8 Å². The van der Waals surface area contributed by atoms with Crippen molar-refractivity contribution < 1.29 is 4.79 Å². The van der Waals surface area contributed by atoms with E-state index in [-0.39, 0.29) is 11.9 Å². The molecule has 1 aliphatic heterocycles. The average molecular weight is 386 g/mol. The fraction of sp³-hybridized carbons (Fsp3) is 0.389. The molecule has 3 heterocycles. The van der Waals surface area contributed by atoms with E-state index >= 15 is 0 Å². The van der Waals surface area contributed by atoms with Crippen LogP contribution in [0.25, 0.3) is 11.4 Å². The van der Waals surface area contributed by atoms with Gasteiger partial charge in [-0.3, -0.25) is 9.48 Å². The molecule has 8 nitrogen and oxygen atoms in total. The summed E-state index contributed by atoms with van der Waals surface area (Å²) in [5.41, 5.74) is 0.877. The minimum absolute atomic E-state index is 0.00367. The summed E-state index contributed by atoms with van der Waals surface area (Å²) in [4.78, 5) is 16.1. The first-order valence-electron chi connectivity index (χ1n) is 8.95. The summed E-state index contributed by atoms with van der Waals surface area (Å²) in [5, 5.41) is 17.4. The lowest BCUT2D eigenvalue weighted by atomic mass is 10.0. The molecule has 9 heteroatoms. The molecule has 27 heavy (non-hydrogen) atoms. The molecule has 0 spiro atoms. The van der Waals surface area contributed by atoms with Crippen molar-refractivity contribution in [1.29, 1.82) is 0 Å². The van der Waals surface area contributed by atoms with Gasteiger partial charge in [0.1, 0.15) is 6.04 Å². The van der Waals surface area contributed by atoms with Gasteiger partial charge in [0.05, 0.1) is 17.3 Å². The molecule has 1 saturated heterocycles. The molecule has 1 aliphatic rings. The third-order valence-corrected chi connectivity index (χ3v) is 5.08. The molecule has 2 aromatic heterocycles. The number of carbonyl (C=O) groups is 1. The Morgan fingerprint density at radius 3 is 2.63 bits per heavy atom. The Morgan fingerprint density at radius 2 is 1.96 bits per heavy atom. The Hall–Kier alpha value is -2.74. The Bertz CT molecular complexity index is 915. The van der Waals surface area contributed by atoms with Gasteiger partial charge in [0.2, 0.25) is 11.7 Å². The molecule has 1 aromatic carbocycles. The quantitative estimate of drug-likeness (QED) is 0.689. The lowest BCUT2D eigenvalue weighted by Crippen LogP contribution is -2.42. The van der Waals surface area contributed by atoms with E-state index < -0.39 is 6.04 Å². The molecule has 0 saturated carbocycles. The van der Waals surface area contributed by atoms with Crippen LogP contribution in [0.15, 0.2) is 42.7 Å². The van der Waals surface area contributed by atoms with Gasteiger partial charge in [-0.1, -0.05) is 41.9 Å². The van der Waals surface area contributed by atoms with Crippen LogP contribution in [0.3, 0.4) is 0 Å². The second kappa shape index (κ2) is 7.48. The molecule has 1 amide bonds. The van der Waals surface area contributed by atoms with Crippen molar-refractivity contribution >= 4 is 17.5 Å². The number of tetrazole rings is 1. The fourth-order valence-electron chi connectivity index (χ4n) is 3.32. The zero-order chi connectivity index (χ0) is 18.8. The van der Waals surface area contributed by atoms with Gasteiger partial charge in [0.25, 0.3) is 0 Å². The van der Waals surface area contributed by atoms with Gasteiger partial charge < -0.3 is 4.90 Å². The highest BCUT2D eigenvalue weighted by Crippen LogP contribution is 2.24. The first kappa shape index (κ1) is 17.7. The fourth-order valence-corrected chi connectivity index (χ4v) is 3.46. The number of nitrogens with zero attached hydrogens (tertiary/aromatic N) is 7. The second-order valence-electron chi connectivity index (χ2n) is 6.67. The van der Waals surface area contributed by atoms with Crippen LogP contribution in [0.2, 0.25) is 5.02 Å². The van der Waals surface area contributed by atoms with Crippen molar-refractivity contribution in [3.05, 3.63) is 47.7 Å². The molecular weight excluding hydrogens is 366 g/mol. The van der Waals surface area contributed by atoms with E-state index in [9.17, 15) is 4.79 Å². The summed E-state index contributed by atoms with van der Waals surface area (Å²) in [6, 6.07) is 9.38. The van der Waals surface area contributed by atoms with Crippen LogP contribution in [0, 0.1) is 0 Å². The average Bonchev–Trinajstić information content (AvgIpc) is 3.37. The summed E-state index contributed by atoms with van der Waals surface area (Å²) < 4.78 is 1.89. The van der Waals surface area contributed by atoms with Crippen molar-refractivity contribution in [3.63, 3.8) is 0 Å². The summed E-state index contributed by atoms with van der Waals surface area (Å²) in [7, 11) is 0. The van der Waals surface area contributed by atoms with Crippen LogP contribution < -0.4 is 0 Å². The van der Waals surface area contributed by atoms with Crippen molar-refractivity contribution in [3.8, 4) is 11.4 Å². The van der Waals surface area contributed by atoms with Crippen LogP contribution in [0.1, 0.15) is 31.8 Å². The number of likely N-dealkylation sites (tertiary alicyclic amines) is 1. The Balaban J connectivity index is 1.39. The molecule has 1 atom stereocenters. The normalized spacial score (nSPS) is 16.4. The summed E-state index contributed by atoms with van der Waals surface area (Å²) in [6.45, 7) is 3.15. The largest absolute Gasteiger partial charge is 0.341 e. The Kier molecular flexibility index (Phi) is 4.89. The van der Waals surface area contributed by atoms with E-state index in [1.165, 1.54) is 4.80 Å². The lowest BCUT2D eigenvalue weighted by Gasteiger charge is -2.33. The summed E-state index contributed by atoms with van der Waals surface area (Å²) >= 11 is 5.94. The van der Waals surface area contributed by atoms with E-state index in [1.807, 2.05) is 46.1 Å². The van der Waals surface area contributed by atoms with Gasteiger partial charge in [0.15, 0.2) is 0 Å². The van der Waals surface area contributed by atoms with Crippen LogP contribution in [-0.4, -0.2) is 53.9 Å². The van der Waals surface area contributed by atoms with E-state index in [4.69, 9.17) is 11.6 Å². The van der Waals surface area contributed by atoms with Crippen LogP contribution >= 0.6 is 11.6 Å². The summed E-state index contributed by atoms with van der Waals surface area (Å²) in [5.74, 6) is 0.522. The number of aromatic nitrogens is 6. The van der Waals surface area contributed by atoms with Gasteiger partial charge in [-0.15, -0.1) is 10.2 Å². The number of halogens is 1. The first-order chi connectivity index (χ1) is 13.1. The molecule has 1 unspecified atom stereocenters. The minimum Gasteiger partial charge on any atom is -0.341 e. The predicted molar refractivity (Wildman–Crippen MR) is 100 cm³/mol. The molecule has 0 aliphatic carbocycles. The maximum Gasteiger partial charge on any atom is 0.249 e. The minimum atomic E-state index is -0.495. The number of hydrogen-bond donors (Lipinski definition) is 0. The third kappa shape index (κ3) is 3.71. The van der Waals surface area contributed by atoms with Crippen LogP contribution in [-0.2, 0) is 4.79 Å². The number of amides is 1. The van der Waals surface area contributed by atoms with E-state index in [0.717, 1.165) is 18.4 Å². The van der Waals surface area contributed by atoms with Gasteiger partial charge in [-0.05, 0) is 25.0 Å². The van der Waals surface area contributed by atoms with Gasteiger partial charge >= 0.3 is 0 Å². The summed E-state index contributed by atoms with van der Waals surface area (Å²) in [6.07, 6.45) is 5.16. The van der Waals surface area contributed by atoms with E-state index in [1.54, 1.807) is 13.1 Å². The molecular formula is C18H20ClN7O. The molecule has 0 radical (unpaired) electrons. The third-order valence-electron chi connectivity index (χ3n) is 4.88. The van der Waals surface area contributed by atoms with Crippen molar-refractivity contribution in [1.82, 2.24) is 34.9 Å². The van der Waals surface area contributed by atoms with E-state index in [0.29, 0.717) is 23.9 Å². The number of rotatable bonds is 4. The topological polar surface area (TPSA) is 81.7 Å². The Morgan fingerprint density at radius 1 is 1.22 bits per heavy atom. The molecule has 1 fully saturated rings. The maximum absolute atomic E-state index is 12.8. The second-order valence-corrected chi connectivity index (χ2v) is 7.11. The molecule has 4 rings (SSSR count). The molecule has 140 valence electrons. The van der Waals surface area contributed by atoms with Crippen molar-refractivity contribution in [2.24, 2.45) is 0 Å². The van der Waals surface area contributed by atoms with Crippen LogP contribution in [0.5, 0.6) is 0 Å². The molecule has 0 N–H and O–H groups in total. The zero-order valence-electron chi connectivity index (χ0n) is 14.9. The molecule has 0 bridgehead atoms. The lowest BCUT2D eigenvalue weighted by molar-refractivity contribution is -0.136. The van der Waals surface area contributed by atoms with Gasteiger partial charge in [-0.25, -0.2) is 0 Å². The highest BCUT2D eigenvalue weighted by atomic mass is 35.5. The smallest absolute Gasteiger partial charge is 0.249 e. The Labute approximate surface area is 161 Å². The molecule has 3 aromatic rings. The van der Waals surface area contributed by atoms with Crippen molar-refractivity contribution in [2.75, 3.05) is 13.1 Å². The first-order valence-corrected chi connectivity index (χ1v) is 9.33. The number of benzene rings is 1. The SMILES string of the molecule is CC(C(=O)N1CCC(n2cc(Cl)cn2)CC1)n1nnc(-c2ccccc2)n1. The number of carbonyl (C=O) groups excluding carboxylic acids is 1.